The normalized spacial score (nSPS) is 18.7. The Labute approximate surface area is 406 Å². The van der Waals surface area contributed by atoms with Crippen molar-refractivity contribution < 1.29 is 48.3 Å². The number of carbonyl (C=O) groups is 3. The Kier molecular flexibility index (Phi) is 11.3. The van der Waals surface area contributed by atoms with Crippen LogP contribution in [0.3, 0.4) is 0 Å². The zero-order chi connectivity index (χ0) is 48.2. The van der Waals surface area contributed by atoms with Gasteiger partial charge < -0.3 is 38.5 Å². The van der Waals surface area contributed by atoms with Crippen LogP contribution in [0.1, 0.15) is 57.2 Å². The summed E-state index contributed by atoms with van der Waals surface area (Å²) in [5.41, 5.74) is 12.3. The number of imide groups is 1. The lowest BCUT2D eigenvalue weighted by atomic mass is 9.98. The quantitative estimate of drug-likeness (QED) is 0.0978. The van der Waals surface area contributed by atoms with Gasteiger partial charge in [0, 0.05) is 17.8 Å². The van der Waals surface area contributed by atoms with Gasteiger partial charge in [0.25, 0.3) is 0 Å². The third kappa shape index (κ3) is 7.56. The van der Waals surface area contributed by atoms with Crippen LogP contribution in [0.5, 0.6) is 0 Å². The molecule has 3 heterocycles. The summed E-state index contributed by atoms with van der Waals surface area (Å²) >= 11 is 0. The monoisotopic (exact) mass is 947 g/mol. The fourth-order valence-electron chi connectivity index (χ4n) is 10.9. The first-order valence-electron chi connectivity index (χ1n) is 23.5. The average molecular weight is 948 g/mol. The number of fused-ring (bicyclic) bond motifs is 10. The van der Waals surface area contributed by atoms with Gasteiger partial charge in [0.1, 0.15) is 38.4 Å². The van der Waals surface area contributed by atoms with E-state index in [0.29, 0.717) is 0 Å². The van der Waals surface area contributed by atoms with Gasteiger partial charge in [-0.05, 0) is 66.8 Å². The van der Waals surface area contributed by atoms with E-state index in [1.807, 2.05) is 146 Å². The van der Waals surface area contributed by atoms with E-state index in [9.17, 15) is 24.6 Å². The highest BCUT2D eigenvalue weighted by molar-refractivity contribution is 6.12. The summed E-state index contributed by atoms with van der Waals surface area (Å²) in [6.45, 7) is -0.990. The number of benzene rings is 6. The van der Waals surface area contributed by atoms with Gasteiger partial charge in [-0.1, -0.05) is 146 Å². The molecule has 4 aliphatic rings. The zero-order valence-corrected chi connectivity index (χ0v) is 38.0. The Bertz CT molecular complexity index is 3130. The zero-order valence-electron chi connectivity index (χ0n) is 38.0. The van der Waals surface area contributed by atoms with Crippen molar-refractivity contribution in [3.05, 3.63) is 192 Å². The number of rotatable bonds is 10. The summed E-state index contributed by atoms with van der Waals surface area (Å²) in [5, 5.41) is 21.7. The maximum Gasteiger partial charge on any atom is 0.508 e. The van der Waals surface area contributed by atoms with Gasteiger partial charge in [-0.25, -0.2) is 29.3 Å². The van der Waals surface area contributed by atoms with E-state index in [2.05, 4.69) is 15.0 Å². The molecule has 3 aliphatic carbocycles. The molecule has 2 N–H and O–H groups in total. The molecule has 2 amide bonds. The lowest BCUT2D eigenvalue weighted by Crippen LogP contribution is -2.53. The molecule has 0 unspecified atom stereocenters. The third-order valence-corrected chi connectivity index (χ3v) is 14.3. The van der Waals surface area contributed by atoms with Crippen molar-refractivity contribution in [3.63, 3.8) is 0 Å². The van der Waals surface area contributed by atoms with Gasteiger partial charge in [0.15, 0.2) is 23.1 Å². The molecule has 6 aromatic carbocycles. The molecule has 15 nitrogen and oxygen atoms in total. The summed E-state index contributed by atoms with van der Waals surface area (Å²) in [6.07, 6.45) is -4.59. The molecule has 15 heteroatoms. The molecule has 12 rings (SSSR count). The topological polar surface area (TPSA) is 185 Å². The molecular weight excluding hydrogens is 903 g/mol. The van der Waals surface area contributed by atoms with Crippen molar-refractivity contribution in [1.29, 1.82) is 0 Å². The molecule has 8 aromatic rings. The van der Waals surface area contributed by atoms with E-state index < -0.39 is 49.3 Å². The van der Waals surface area contributed by atoms with Crippen LogP contribution in [0.15, 0.2) is 158 Å². The lowest BCUT2D eigenvalue weighted by molar-refractivity contribution is -0.175. The van der Waals surface area contributed by atoms with Crippen LogP contribution in [0.25, 0.3) is 44.5 Å². The molecule has 1 saturated heterocycles. The van der Waals surface area contributed by atoms with Crippen LogP contribution < -0.4 is 4.90 Å². The van der Waals surface area contributed by atoms with Crippen LogP contribution in [-0.4, -0.2) is 99.4 Å². The maximum absolute atomic E-state index is 14.6. The Morgan fingerprint density at radius 1 is 0.577 bits per heavy atom. The molecular formula is C56H45N5O10. The molecule has 0 bridgehead atoms. The summed E-state index contributed by atoms with van der Waals surface area (Å²) in [5.74, 6) is -1.13. The second-order valence-corrected chi connectivity index (χ2v) is 17.9. The molecule has 0 radical (unpaired) electrons. The fourth-order valence-corrected chi connectivity index (χ4v) is 10.9. The predicted molar refractivity (Wildman–Crippen MR) is 260 cm³/mol. The van der Waals surface area contributed by atoms with E-state index in [4.69, 9.17) is 23.7 Å². The Hall–Kier alpha value is -8.24. The summed E-state index contributed by atoms with van der Waals surface area (Å²) < 4.78 is 31.2. The standard InChI is InChI=1S/C56H45N5O10/c62-25-48-50(63)51(71-56(66)70-28-46-42-23-11-5-17-36(42)37-18-6-12-24-43(37)46)47(29-67-48)60-31-59-49-52(60)57-30-58-53(49)61(54(64)68-26-44-38-19-7-1-13-32(38)33-14-2-8-20-39(33)44)55(65)69-27-45-40-21-9-3-15-34(40)35-16-4-10-22-41(35)45/h1-24,30-31,44-48,50-51,62-63H,25-29H2/t47-,48-,50-,51+/m1/s1. The predicted octanol–water partition coefficient (Wildman–Crippen LogP) is 9.16. The summed E-state index contributed by atoms with van der Waals surface area (Å²) in [4.78, 5) is 57.2. The second-order valence-electron chi connectivity index (χ2n) is 17.9. The van der Waals surface area contributed by atoms with Gasteiger partial charge >= 0.3 is 18.3 Å². The van der Waals surface area contributed by atoms with Crippen molar-refractivity contribution in [2.75, 3.05) is 37.9 Å². The number of nitrogens with zero attached hydrogens (tertiary/aromatic N) is 5. The van der Waals surface area contributed by atoms with Gasteiger partial charge in [-0.2, -0.15) is 4.90 Å². The van der Waals surface area contributed by atoms with Gasteiger partial charge in [-0.15, -0.1) is 0 Å². The van der Waals surface area contributed by atoms with E-state index >= 15 is 0 Å². The minimum absolute atomic E-state index is 0.00632. The average Bonchev–Trinajstić information content (AvgIpc) is 4.16. The van der Waals surface area contributed by atoms with Crippen molar-refractivity contribution in [1.82, 2.24) is 19.5 Å². The van der Waals surface area contributed by atoms with E-state index in [1.54, 1.807) is 0 Å². The van der Waals surface area contributed by atoms with Crippen LogP contribution in [-0.2, 0) is 23.7 Å². The van der Waals surface area contributed by atoms with Gasteiger partial charge in [-0.3, -0.25) is 0 Å². The number of aromatic nitrogens is 4. The van der Waals surface area contributed by atoms with E-state index in [1.165, 1.54) is 10.9 Å². The molecule has 354 valence electrons. The Balaban J connectivity index is 0.844. The Morgan fingerprint density at radius 2 is 0.986 bits per heavy atom. The van der Waals surface area contributed by atoms with Crippen molar-refractivity contribution in [2.24, 2.45) is 0 Å². The first kappa shape index (κ1) is 44.0. The molecule has 0 spiro atoms. The third-order valence-electron chi connectivity index (χ3n) is 14.3. The molecule has 1 aliphatic heterocycles. The Morgan fingerprint density at radius 3 is 1.41 bits per heavy atom. The number of aliphatic hydroxyl groups excluding tert-OH is 2. The number of imidazole rings is 1. The first-order valence-corrected chi connectivity index (χ1v) is 23.5. The van der Waals surface area contributed by atoms with Crippen LogP contribution in [0, 0.1) is 0 Å². The molecule has 0 saturated carbocycles. The summed E-state index contributed by atoms with van der Waals surface area (Å²) in [6, 6.07) is 46.6. The van der Waals surface area contributed by atoms with Crippen LogP contribution >= 0.6 is 0 Å². The van der Waals surface area contributed by atoms with Gasteiger partial charge in [0.05, 0.1) is 25.6 Å². The number of aliphatic hydroxyl groups is 2. The SMILES string of the molecule is O=C(OCC1c2ccccc2-c2ccccc21)O[C@@H]1[C@H](O)[C@@H](CO)OC[C@H]1n1cnc2c(N(C(=O)OCC3c4ccccc4-c4ccccc43)C(=O)OCC3c4ccccc4-c4ccccc43)ncnc21. The minimum Gasteiger partial charge on any atom is -0.448 e. The lowest BCUT2D eigenvalue weighted by Gasteiger charge is -2.39. The van der Waals surface area contributed by atoms with Crippen molar-refractivity contribution in [3.8, 4) is 33.4 Å². The van der Waals surface area contributed by atoms with Crippen LogP contribution in [0.4, 0.5) is 20.2 Å². The number of hydrogen-bond donors (Lipinski definition) is 2. The smallest absolute Gasteiger partial charge is 0.448 e. The van der Waals surface area contributed by atoms with Crippen molar-refractivity contribution >= 4 is 35.3 Å². The molecule has 4 atom stereocenters. The first-order chi connectivity index (χ1) is 34.9. The fraction of sp³-hybridized carbons (Fsp3) is 0.214. The number of carbonyl (C=O) groups excluding carboxylic acids is 3. The number of amides is 2. The number of anilines is 1. The molecule has 1 fully saturated rings. The van der Waals surface area contributed by atoms with Gasteiger partial charge in [0.2, 0.25) is 0 Å². The van der Waals surface area contributed by atoms with E-state index in [0.717, 1.165) is 78.0 Å². The van der Waals surface area contributed by atoms with Crippen molar-refractivity contribution in [2.45, 2.75) is 42.1 Å². The minimum atomic E-state index is -1.52. The molecule has 71 heavy (non-hydrogen) atoms. The highest BCUT2D eigenvalue weighted by atomic mass is 16.7. The second kappa shape index (κ2) is 18.3. The maximum atomic E-state index is 14.6. The van der Waals surface area contributed by atoms with Crippen LogP contribution in [0.2, 0.25) is 0 Å². The highest BCUT2D eigenvalue weighted by Gasteiger charge is 2.45. The largest absolute Gasteiger partial charge is 0.508 e. The van der Waals surface area contributed by atoms with E-state index in [-0.39, 0.29) is 61.2 Å². The molecule has 2 aromatic heterocycles. The summed E-state index contributed by atoms with van der Waals surface area (Å²) in [7, 11) is 0. The number of ether oxygens (including phenoxy) is 5. The highest BCUT2D eigenvalue weighted by Crippen LogP contribution is 2.47. The number of hydrogen-bond acceptors (Lipinski definition) is 13.